The fraction of sp³-hybridized carbons (Fsp3) is 0.824. The number of nitrogens with zero attached hydrogens (tertiary/aromatic N) is 1. The molecule has 0 heterocycles. The number of hydrogen-bond acceptors (Lipinski definition) is 3. The summed E-state index contributed by atoms with van der Waals surface area (Å²) in [5.74, 6) is -0.855. The van der Waals surface area contributed by atoms with Crippen molar-refractivity contribution in [2.75, 3.05) is 7.05 Å². The molecule has 0 radical (unpaired) electrons. The molecule has 2 amide bonds. The normalized spacial score (nSPS) is 26.5. The second-order valence-corrected chi connectivity index (χ2v) is 7.00. The number of likely N-dealkylation sites (N-methyl/N-ethyl adjacent to an activating group) is 1. The summed E-state index contributed by atoms with van der Waals surface area (Å²) in [5.41, 5.74) is 0. The summed E-state index contributed by atoms with van der Waals surface area (Å²) in [6.45, 7) is 1.52. The topological polar surface area (TPSA) is 86.7 Å². The number of aliphatic carboxylic acids is 1. The Hall–Kier alpha value is -1.59. The Balaban J connectivity index is 1.78. The Morgan fingerprint density at radius 2 is 1.57 bits per heavy atom. The average Bonchev–Trinajstić information content (AvgIpc) is 3.08. The SMILES string of the molecule is CC(C(=O)O)N(C)C(=O)C1CCC(NC(=O)C2CCCC2)CC1. The van der Waals surface area contributed by atoms with Crippen molar-refractivity contribution in [1.82, 2.24) is 10.2 Å². The Bertz CT molecular complexity index is 452. The molecule has 1 unspecified atom stereocenters. The molecule has 2 rings (SSSR count). The first-order valence-corrected chi connectivity index (χ1v) is 8.70. The summed E-state index contributed by atoms with van der Waals surface area (Å²) in [7, 11) is 1.55. The molecule has 23 heavy (non-hydrogen) atoms. The zero-order valence-electron chi connectivity index (χ0n) is 14.1. The largest absolute Gasteiger partial charge is 0.480 e. The van der Waals surface area contributed by atoms with Gasteiger partial charge < -0.3 is 15.3 Å². The van der Waals surface area contributed by atoms with Crippen LogP contribution < -0.4 is 5.32 Å². The summed E-state index contributed by atoms with van der Waals surface area (Å²) in [6, 6.07) is -0.642. The van der Waals surface area contributed by atoms with Crippen molar-refractivity contribution < 1.29 is 19.5 Å². The third-order valence-corrected chi connectivity index (χ3v) is 5.43. The van der Waals surface area contributed by atoms with Gasteiger partial charge in [0.25, 0.3) is 0 Å². The van der Waals surface area contributed by atoms with Gasteiger partial charge in [0.1, 0.15) is 6.04 Å². The summed E-state index contributed by atoms with van der Waals surface area (Å²) < 4.78 is 0. The maximum atomic E-state index is 12.4. The molecule has 0 aromatic rings. The molecule has 130 valence electrons. The molecule has 2 saturated carbocycles. The van der Waals surface area contributed by atoms with E-state index in [-0.39, 0.29) is 29.7 Å². The van der Waals surface area contributed by atoms with Crippen LogP contribution >= 0.6 is 0 Å². The number of carbonyl (C=O) groups excluding carboxylic acids is 2. The van der Waals surface area contributed by atoms with Crippen molar-refractivity contribution in [1.29, 1.82) is 0 Å². The van der Waals surface area contributed by atoms with Crippen LogP contribution in [0.5, 0.6) is 0 Å². The van der Waals surface area contributed by atoms with E-state index < -0.39 is 12.0 Å². The Morgan fingerprint density at radius 3 is 2.09 bits per heavy atom. The van der Waals surface area contributed by atoms with Gasteiger partial charge in [-0.2, -0.15) is 0 Å². The lowest BCUT2D eigenvalue weighted by Gasteiger charge is -2.32. The highest BCUT2D eigenvalue weighted by Gasteiger charge is 2.33. The molecule has 0 aromatic heterocycles. The zero-order valence-corrected chi connectivity index (χ0v) is 14.1. The van der Waals surface area contributed by atoms with E-state index in [1.165, 1.54) is 11.8 Å². The minimum Gasteiger partial charge on any atom is -0.480 e. The van der Waals surface area contributed by atoms with Gasteiger partial charge >= 0.3 is 5.97 Å². The van der Waals surface area contributed by atoms with E-state index in [4.69, 9.17) is 5.11 Å². The van der Waals surface area contributed by atoms with E-state index in [2.05, 4.69) is 5.32 Å². The van der Waals surface area contributed by atoms with Crippen LogP contribution in [0.2, 0.25) is 0 Å². The van der Waals surface area contributed by atoms with Crippen LogP contribution in [-0.4, -0.2) is 46.9 Å². The quantitative estimate of drug-likeness (QED) is 0.807. The van der Waals surface area contributed by atoms with Crippen molar-refractivity contribution in [2.45, 2.75) is 70.4 Å². The van der Waals surface area contributed by atoms with Crippen molar-refractivity contribution in [3.8, 4) is 0 Å². The van der Waals surface area contributed by atoms with Crippen molar-refractivity contribution in [3.63, 3.8) is 0 Å². The second-order valence-electron chi connectivity index (χ2n) is 7.00. The Morgan fingerprint density at radius 1 is 1.00 bits per heavy atom. The fourth-order valence-corrected chi connectivity index (χ4v) is 3.64. The molecule has 2 aliphatic rings. The van der Waals surface area contributed by atoms with Crippen molar-refractivity contribution >= 4 is 17.8 Å². The molecule has 0 spiro atoms. The number of rotatable bonds is 5. The van der Waals surface area contributed by atoms with E-state index in [1.54, 1.807) is 7.05 Å². The molecule has 2 N–H and O–H groups in total. The highest BCUT2D eigenvalue weighted by atomic mass is 16.4. The van der Waals surface area contributed by atoms with E-state index in [0.29, 0.717) is 12.8 Å². The number of amides is 2. The van der Waals surface area contributed by atoms with Crippen LogP contribution in [0, 0.1) is 11.8 Å². The third-order valence-electron chi connectivity index (χ3n) is 5.43. The molecule has 0 aromatic carbocycles. The molecule has 1 atom stereocenters. The van der Waals surface area contributed by atoms with Gasteiger partial charge in [-0.05, 0) is 45.4 Å². The first kappa shape index (κ1) is 17.8. The maximum Gasteiger partial charge on any atom is 0.326 e. The van der Waals surface area contributed by atoms with Crippen LogP contribution in [0.3, 0.4) is 0 Å². The summed E-state index contributed by atoms with van der Waals surface area (Å²) >= 11 is 0. The van der Waals surface area contributed by atoms with Crippen LogP contribution in [0.4, 0.5) is 0 Å². The van der Waals surface area contributed by atoms with Crippen LogP contribution in [0.15, 0.2) is 0 Å². The number of carboxylic acids is 1. The Labute approximate surface area is 137 Å². The van der Waals surface area contributed by atoms with E-state index in [1.807, 2.05) is 0 Å². The Kier molecular flexibility index (Phi) is 6.02. The minimum atomic E-state index is -0.988. The summed E-state index contributed by atoms with van der Waals surface area (Å²) in [5, 5.41) is 12.1. The maximum absolute atomic E-state index is 12.4. The fourth-order valence-electron chi connectivity index (χ4n) is 3.64. The minimum absolute atomic E-state index is 0.0968. The van der Waals surface area contributed by atoms with E-state index in [0.717, 1.165) is 38.5 Å². The number of nitrogens with one attached hydrogen (secondary N) is 1. The molecular formula is C17H28N2O4. The first-order chi connectivity index (χ1) is 10.9. The van der Waals surface area contributed by atoms with Crippen molar-refractivity contribution in [2.24, 2.45) is 11.8 Å². The van der Waals surface area contributed by atoms with Gasteiger partial charge in [0.2, 0.25) is 11.8 Å². The van der Waals surface area contributed by atoms with Gasteiger partial charge in [-0.25, -0.2) is 4.79 Å². The van der Waals surface area contributed by atoms with E-state index in [9.17, 15) is 14.4 Å². The molecule has 6 heteroatoms. The van der Waals surface area contributed by atoms with Crippen LogP contribution in [-0.2, 0) is 14.4 Å². The number of carbonyl (C=O) groups is 3. The highest BCUT2D eigenvalue weighted by molar-refractivity contribution is 5.84. The first-order valence-electron chi connectivity index (χ1n) is 8.70. The highest BCUT2D eigenvalue weighted by Crippen LogP contribution is 2.28. The predicted molar refractivity (Wildman–Crippen MR) is 85.7 cm³/mol. The van der Waals surface area contributed by atoms with Crippen LogP contribution in [0.25, 0.3) is 0 Å². The third kappa shape index (κ3) is 4.45. The number of carboxylic acid groups (broad SMARTS) is 1. The molecule has 0 bridgehead atoms. The van der Waals surface area contributed by atoms with Gasteiger partial charge in [-0.15, -0.1) is 0 Å². The second kappa shape index (κ2) is 7.79. The molecule has 2 fully saturated rings. The van der Waals surface area contributed by atoms with Gasteiger partial charge in [-0.1, -0.05) is 12.8 Å². The van der Waals surface area contributed by atoms with Gasteiger partial charge in [0.15, 0.2) is 0 Å². The summed E-state index contributed by atoms with van der Waals surface area (Å²) in [4.78, 5) is 36.8. The van der Waals surface area contributed by atoms with Crippen LogP contribution in [0.1, 0.15) is 58.3 Å². The monoisotopic (exact) mass is 324 g/mol. The lowest BCUT2D eigenvalue weighted by Crippen LogP contribution is -2.46. The standard InChI is InChI=1S/C17H28N2O4/c1-11(17(22)23)19(2)16(21)13-7-9-14(10-8-13)18-15(20)12-5-3-4-6-12/h11-14H,3-10H2,1-2H3,(H,18,20)(H,22,23). The van der Waals surface area contributed by atoms with Gasteiger partial charge in [-0.3, -0.25) is 9.59 Å². The lowest BCUT2D eigenvalue weighted by molar-refractivity contribution is -0.150. The van der Waals surface area contributed by atoms with Gasteiger partial charge in [0, 0.05) is 24.9 Å². The zero-order chi connectivity index (χ0) is 17.0. The average molecular weight is 324 g/mol. The molecule has 2 aliphatic carbocycles. The lowest BCUT2D eigenvalue weighted by atomic mass is 9.84. The van der Waals surface area contributed by atoms with Gasteiger partial charge in [0.05, 0.1) is 0 Å². The van der Waals surface area contributed by atoms with E-state index >= 15 is 0 Å². The summed E-state index contributed by atoms with van der Waals surface area (Å²) in [6.07, 6.45) is 7.31. The number of hydrogen-bond donors (Lipinski definition) is 2. The molecule has 0 aliphatic heterocycles. The smallest absolute Gasteiger partial charge is 0.326 e. The molecule has 6 nitrogen and oxygen atoms in total. The molecule has 0 saturated heterocycles. The predicted octanol–water partition coefficient (Wildman–Crippen LogP) is 1.78. The van der Waals surface area contributed by atoms with Crippen molar-refractivity contribution in [3.05, 3.63) is 0 Å². The molecular weight excluding hydrogens is 296 g/mol.